The third-order valence-corrected chi connectivity index (χ3v) is 3.56. The topological polar surface area (TPSA) is 76.1 Å². The van der Waals surface area contributed by atoms with Crippen molar-refractivity contribution < 1.29 is 24.2 Å². The molecule has 0 bridgehead atoms. The van der Waals surface area contributed by atoms with Gasteiger partial charge in [-0.2, -0.15) is 0 Å². The Morgan fingerprint density at radius 1 is 1.43 bits per heavy atom. The standard InChI is InChI=1S/C17H21NO5/c1-3-5-14(17(21)22-4-2)18-8-9-23-16(11-18)13-10-12(19)6-7-15(13)20/h6-9,11,14,20H,3-5,10H2,1-2H3. The summed E-state index contributed by atoms with van der Waals surface area (Å²) in [5, 5.41) is 9.95. The lowest BCUT2D eigenvalue weighted by Gasteiger charge is -2.29. The van der Waals surface area contributed by atoms with Gasteiger partial charge in [-0.05, 0) is 25.5 Å². The van der Waals surface area contributed by atoms with Gasteiger partial charge in [0, 0.05) is 24.4 Å². The Morgan fingerprint density at radius 2 is 2.22 bits per heavy atom. The minimum Gasteiger partial charge on any atom is -0.508 e. The number of aliphatic hydroxyl groups excluding tert-OH is 1. The van der Waals surface area contributed by atoms with Crippen molar-refractivity contribution in [3.63, 3.8) is 0 Å². The van der Waals surface area contributed by atoms with Crippen LogP contribution in [0.4, 0.5) is 0 Å². The van der Waals surface area contributed by atoms with E-state index in [0.29, 0.717) is 24.4 Å². The van der Waals surface area contributed by atoms with Crippen molar-refractivity contribution in [3.05, 3.63) is 47.9 Å². The Balaban J connectivity index is 2.25. The van der Waals surface area contributed by atoms with Crippen LogP contribution in [-0.2, 0) is 19.1 Å². The number of carbonyl (C=O) groups is 2. The molecule has 1 heterocycles. The fourth-order valence-corrected chi connectivity index (χ4v) is 2.44. The largest absolute Gasteiger partial charge is 0.508 e. The second-order valence-corrected chi connectivity index (χ2v) is 5.24. The van der Waals surface area contributed by atoms with E-state index in [-0.39, 0.29) is 23.9 Å². The van der Waals surface area contributed by atoms with Crippen LogP contribution in [0.2, 0.25) is 0 Å². The molecule has 0 amide bonds. The van der Waals surface area contributed by atoms with Crippen LogP contribution in [0.3, 0.4) is 0 Å². The number of hydrogen-bond acceptors (Lipinski definition) is 6. The number of nitrogens with zero attached hydrogens (tertiary/aromatic N) is 1. The number of ketones is 1. The van der Waals surface area contributed by atoms with E-state index in [1.807, 2.05) is 6.92 Å². The highest BCUT2D eigenvalue weighted by Gasteiger charge is 2.27. The number of carbonyl (C=O) groups excluding carboxylic acids is 2. The average molecular weight is 319 g/mol. The van der Waals surface area contributed by atoms with Crippen molar-refractivity contribution >= 4 is 11.8 Å². The summed E-state index contributed by atoms with van der Waals surface area (Å²) in [7, 11) is 0. The molecule has 6 nitrogen and oxygen atoms in total. The summed E-state index contributed by atoms with van der Waals surface area (Å²) in [4.78, 5) is 25.4. The molecule has 0 saturated heterocycles. The van der Waals surface area contributed by atoms with Crippen LogP contribution in [-0.4, -0.2) is 34.4 Å². The van der Waals surface area contributed by atoms with Gasteiger partial charge in [-0.1, -0.05) is 13.3 Å². The van der Waals surface area contributed by atoms with Crippen molar-refractivity contribution in [1.82, 2.24) is 4.90 Å². The van der Waals surface area contributed by atoms with Gasteiger partial charge in [0.1, 0.15) is 23.8 Å². The lowest BCUT2D eigenvalue weighted by molar-refractivity contribution is -0.148. The average Bonchev–Trinajstić information content (AvgIpc) is 2.55. The van der Waals surface area contributed by atoms with Crippen molar-refractivity contribution in [2.75, 3.05) is 6.61 Å². The van der Waals surface area contributed by atoms with E-state index >= 15 is 0 Å². The maximum Gasteiger partial charge on any atom is 0.329 e. The zero-order chi connectivity index (χ0) is 16.8. The van der Waals surface area contributed by atoms with Gasteiger partial charge >= 0.3 is 5.97 Å². The van der Waals surface area contributed by atoms with Crippen LogP contribution in [0, 0.1) is 0 Å². The van der Waals surface area contributed by atoms with Crippen molar-refractivity contribution in [3.8, 4) is 0 Å². The number of aliphatic hydroxyl groups is 1. The van der Waals surface area contributed by atoms with Crippen LogP contribution in [0.15, 0.2) is 47.9 Å². The van der Waals surface area contributed by atoms with Crippen LogP contribution in [0.5, 0.6) is 0 Å². The molecule has 0 radical (unpaired) electrons. The summed E-state index contributed by atoms with van der Waals surface area (Å²) in [6.45, 7) is 4.06. The number of hydrogen-bond donors (Lipinski definition) is 1. The Hall–Kier alpha value is -2.50. The monoisotopic (exact) mass is 319 g/mol. The van der Waals surface area contributed by atoms with Crippen molar-refractivity contribution in [2.45, 2.75) is 39.2 Å². The predicted molar refractivity (Wildman–Crippen MR) is 83.9 cm³/mol. The third-order valence-electron chi connectivity index (χ3n) is 3.56. The summed E-state index contributed by atoms with van der Waals surface area (Å²) >= 11 is 0. The van der Waals surface area contributed by atoms with Gasteiger partial charge in [0.15, 0.2) is 5.78 Å². The molecule has 1 N–H and O–H groups in total. The van der Waals surface area contributed by atoms with Gasteiger partial charge in [-0.3, -0.25) is 4.79 Å². The SMILES string of the molecule is CCCC(C(=O)OCC)N1C=COC(C2=C(O)C=CC(=O)C2)=C1. The first-order chi connectivity index (χ1) is 11.1. The smallest absolute Gasteiger partial charge is 0.329 e. The fraction of sp³-hybridized carbons (Fsp3) is 0.412. The van der Waals surface area contributed by atoms with Gasteiger partial charge in [0.05, 0.1) is 6.61 Å². The number of allylic oxidation sites excluding steroid dienone is 3. The second-order valence-electron chi connectivity index (χ2n) is 5.24. The fourth-order valence-electron chi connectivity index (χ4n) is 2.44. The van der Waals surface area contributed by atoms with E-state index in [1.54, 1.807) is 24.2 Å². The third kappa shape index (κ3) is 4.03. The summed E-state index contributed by atoms with van der Waals surface area (Å²) in [6.07, 6.45) is 8.86. The van der Waals surface area contributed by atoms with E-state index in [2.05, 4.69) is 0 Å². The van der Waals surface area contributed by atoms with Crippen LogP contribution in [0.25, 0.3) is 0 Å². The van der Waals surface area contributed by atoms with E-state index in [4.69, 9.17) is 9.47 Å². The molecule has 1 aliphatic heterocycles. The summed E-state index contributed by atoms with van der Waals surface area (Å²) < 4.78 is 10.5. The summed E-state index contributed by atoms with van der Waals surface area (Å²) in [5.74, 6) is -0.0735. The van der Waals surface area contributed by atoms with E-state index in [0.717, 1.165) is 6.42 Å². The molecular weight excluding hydrogens is 298 g/mol. The Morgan fingerprint density at radius 3 is 2.91 bits per heavy atom. The minimum atomic E-state index is -0.465. The van der Waals surface area contributed by atoms with Crippen molar-refractivity contribution in [2.24, 2.45) is 0 Å². The molecule has 2 aliphatic rings. The molecule has 1 aliphatic carbocycles. The molecule has 0 fully saturated rings. The van der Waals surface area contributed by atoms with Crippen LogP contribution in [0.1, 0.15) is 33.1 Å². The first kappa shape index (κ1) is 16.9. The maximum atomic E-state index is 12.1. The molecule has 0 aromatic carbocycles. The lowest BCUT2D eigenvalue weighted by atomic mass is 10.0. The zero-order valence-electron chi connectivity index (χ0n) is 13.3. The maximum absolute atomic E-state index is 12.1. The predicted octanol–water partition coefficient (Wildman–Crippen LogP) is 2.70. The Bertz CT molecular complexity index is 600. The number of ether oxygens (including phenoxy) is 2. The second kappa shape index (κ2) is 7.67. The van der Waals surface area contributed by atoms with Crippen LogP contribution >= 0.6 is 0 Å². The number of rotatable bonds is 6. The van der Waals surface area contributed by atoms with Gasteiger partial charge in [0.25, 0.3) is 0 Å². The van der Waals surface area contributed by atoms with Gasteiger partial charge in [-0.15, -0.1) is 0 Å². The molecular formula is C17H21NO5. The van der Waals surface area contributed by atoms with E-state index < -0.39 is 6.04 Å². The minimum absolute atomic E-state index is 0.00530. The molecule has 2 rings (SSSR count). The van der Waals surface area contributed by atoms with Crippen molar-refractivity contribution in [1.29, 1.82) is 0 Å². The Kier molecular flexibility index (Phi) is 5.62. The molecule has 124 valence electrons. The molecule has 0 saturated carbocycles. The van der Waals surface area contributed by atoms with Gasteiger partial charge in [-0.25, -0.2) is 4.79 Å². The summed E-state index contributed by atoms with van der Waals surface area (Å²) in [6, 6.07) is -0.465. The molecule has 0 aromatic heterocycles. The highest BCUT2D eigenvalue weighted by Crippen LogP contribution is 2.27. The molecule has 1 unspecified atom stereocenters. The molecule has 0 aromatic rings. The quantitative estimate of drug-likeness (QED) is 0.759. The highest BCUT2D eigenvalue weighted by atomic mass is 16.5. The Labute approximate surface area is 135 Å². The molecule has 1 atom stereocenters. The lowest BCUT2D eigenvalue weighted by Crippen LogP contribution is -2.37. The van der Waals surface area contributed by atoms with E-state index in [9.17, 15) is 14.7 Å². The van der Waals surface area contributed by atoms with Crippen LogP contribution < -0.4 is 0 Å². The highest BCUT2D eigenvalue weighted by molar-refractivity contribution is 5.94. The first-order valence-corrected chi connectivity index (χ1v) is 7.69. The first-order valence-electron chi connectivity index (χ1n) is 7.69. The molecule has 0 spiro atoms. The van der Waals surface area contributed by atoms with E-state index in [1.165, 1.54) is 18.4 Å². The zero-order valence-corrected chi connectivity index (χ0v) is 13.3. The molecule has 23 heavy (non-hydrogen) atoms. The van der Waals surface area contributed by atoms with Gasteiger partial charge < -0.3 is 19.5 Å². The molecule has 6 heteroatoms. The summed E-state index contributed by atoms with van der Waals surface area (Å²) in [5.41, 5.74) is 0.408. The van der Waals surface area contributed by atoms with Gasteiger partial charge in [0.2, 0.25) is 0 Å². The number of esters is 1. The normalized spacial score (nSPS) is 18.6.